The summed E-state index contributed by atoms with van der Waals surface area (Å²) in [4.78, 5) is 24.2. The van der Waals surface area contributed by atoms with Gasteiger partial charge in [-0.25, -0.2) is 9.37 Å². The van der Waals surface area contributed by atoms with Crippen LogP contribution in [0.25, 0.3) is 17.0 Å². The minimum Gasteiger partial charge on any atom is -0.465 e. The normalized spacial score (nSPS) is 11.1. The summed E-state index contributed by atoms with van der Waals surface area (Å²) < 4.78 is 19.1. The van der Waals surface area contributed by atoms with Crippen molar-refractivity contribution < 1.29 is 13.9 Å². The first-order valence-electron chi connectivity index (χ1n) is 8.50. The Labute approximate surface area is 171 Å². The van der Waals surface area contributed by atoms with E-state index in [1.165, 1.54) is 30.9 Å². The SMILES string of the molecule is C=CO/C(=C\C)c1ccc(Cl)c(-c2cnc(NC(=O)c3ccncc3F)cn2)c1. The Morgan fingerprint density at radius 1 is 1.24 bits per heavy atom. The zero-order valence-corrected chi connectivity index (χ0v) is 16.2. The summed E-state index contributed by atoms with van der Waals surface area (Å²) in [6.07, 6.45) is 8.27. The second kappa shape index (κ2) is 9.07. The second-order valence-corrected chi connectivity index (χ2v) is 6.14. The lowest BCUT2D eigenvalue weighted by Crippen LogP contribution is -2.15. The van der Waals surface area contributed by atoms with Gasteiger partial charge in [-0.1, -0.05) is 18.2 Å². The number of amides is 1. The summed E-state index contributed by atoms with van der Waals surface area (Å²) in [6, 6.07) is 6.64. The summed E-state index contributed by atoms with van der Waals surface area (Å²) in [5, 5.41) is 2.97. The van der Waals surface area contributed by atoms with Crippen LogP contribution in [0.1, 0.15) is 22.8 Å². The van der Waals surface area contributed by atoms with Crippen molar-refractivity contribution in [1.82, 2.24) is 15.0 Å². The number of halogens is 2. The van der Waals surface area contributed by atoms with Gasteiger partial charge >= 0.3 is 0 Å². The summed E-state index contributed by atoms with van der Waals surface area (Å²) in [5.41, 5.74) is 1.79. The molecule has 146 valence electrons. The molecular weight excluding hydrogens is 395 g/mol. The molecule has 0 fully saturated rings. The molecule has 6 nitrogen and oxygen atoms in total. The van der Waals surface area contributed by atoms with E-state index in [1.807, 2.05) is 19.1 Å². The zero-order chi connectivity index (χ0) is 20.8. The molecule has 0 radical (unpaired) electrons. The second-order valence-electron chi connectivity index (χ2n) is 5.73. The fourth-order valence-corrected chi connectivity index (χ4v) is 2.76. The molecule has 0 unspecified atom stereocenters. The lowest BCUT2D eigenvalue weighted by atomic mass is 10.1. The number of benzene rings is 1. The molecule has 0 saturated carbocycles. The van der Waals surface area contributed by atoms with Crippen LogP contribution in [-0.2, 0) is 4.74 Å². The van der Waals surface area contributed by atoms with E-state index >= 15 is 0 Å². The van der Waals surface area contributed by atoms with Gasteiger partial charge in [-0.15, -0.1) is 0 Å². The molecule has 8 heteroatoms. The van der Waals surface area contributed by atoms with Crippen molar-refractivity contribution in [3.8, 4) is 11.3 Å². The van der Waals surface area contributed by atoms with Gasteiger partial charge in [-0.2, -0.15) is 0 Å². The summed E-state index contributed by atoms with van der Waals surface area (Å²) in [6.45, 7) is 5.40. The van der Waals surface area contributed by atoms with Crippen molar-refractivity contribution in [3.05, 3.63) is 89.9 Å². The molecular formula is C21H16ClFN4O2. The number of carbonyl (C=O) groups is 1. The highest BCUT2D eigenvalue weighted by Gasteiger charge is 2.14. The van der Waals surface area contributed by atoms with Crippen LogP contribution in [0.3, 0.4) is 0 Å². The number of aromatic nitrogens is 3. The van der Waals surface area contributed by atoms with Gasteiger partial charge < -0.3 is 10.1 Å². The first-order chi connectivity index (χ1) is 14.0. The van der Waals surface area contributed by atoms with E-state index in [-0.39, 0.29) is 11.4 Å². The summed E-state index contributed by atoms with van der Waals surface area (Å²) in [7, 11) is 0. The Kier molecular flexibility index (Phi) is 6.31. The van der Waals surface area contributed by atoms with Crippen molar-refractivity contribution in [1.29, 1.82) is 0 Å². The van der Waals surface area contributed by atoms with Crippen LogP contribution in [0, 0.1) is 5.82 Å². The third-order valence-electron chi connectivity index (χ3n) is 3.91. The molecule has 0 bridgehead atoms. The third-order valence-corrected chi connectivity index (χ3v) is 4.24. The van der Waals surface area contributed by atoms with Crippen LogP contribution >= 0.6 is 11.6 Å². The van der Waals surface area contributed by atoms with Crippen molar-refractivity contribution in [2.45, 2.75) is 6.92 Å². The van der Waals surface area contributed by atoms with Gasteiger partial charge in [0.2, 0.25) is 0 Å². The number of nitrogens with zero attached hydrogens (tertiary/aromatic N) is 3. The highest BCUT2D eigenvalue weighted by atomic mass is 35.5. The van der Waals surface area contributed by atoms with Crippen LogP contribution in [0.2, 0.25) is 5.02 Å². The van der Waals surface area contributed by atoms with Crippen molar-refractivity contribution in [2.75, 3.05) is 5.32 Å². The minimum atomic E-state index is -0.722. The maximum Gasteiger partial charge on any atom is 0.259 e. The molecule has 3 rings (SSSR count). The largest absolute Gasteiger partial charge is 0.465 e. The maximum absolute atomic E-state index is 13.7. The van der Waals surface area contributed by atoms with E-state index in [2.05, 4.69) is 26.8 Å². The van der Waals surface area contributed by atoms with Crippen LogP contribution in [0.5, 0.6) is 0 Å². The van der Waals surface area contributed by atoms with Gasteiger partial charge in [-0.3, -0.25) is 14.8 Å². The van der Waals surface area contributed by atoms with E-state index in [1.54, 1.807) is 12.1 Å². The van der Waals surface area contributed by atoms with Gasteiger partial charge in [0.25, 0.3) is 5.91 Å². The van der Waals surface area contributed by atoms with E-state index in [4.69, 9.17) is 16.3 Å². The smallest absolute Gasteiger partial charge is 0.259 e. The lowest BCUT2D eigenvalue weighted by molar-refractivity contribution is 0.102. The van der Waals surface area contributed by atoms with E-state index in [0.29, 0.717) is 22.0 Å². The number of hydrogen-bond acceptors (Lipinski definition) is 5. The molecule has 29 heavy (non-hydrogen) atoms. The molecule has 0 saturated heterocycles. The third kappa shape index (κ3) is 4.64. The van der Waals surface area contributed by atoms with Crippen molar-refractivity contribution in [3.63, 3.8) is 0 Å². The highest BCUT2D eigenvalue weighted by Crippen LogP contribution is 2.30. The predicted molar refractivity (Wildman–Crippen MR) is 110 cm³/mol. The Morgan fingerprint density at radius 2 is 2.07 bits per heavy atom. The number of carbonyl (C=O) groups excluding carboxylic acids is 1. The zero-order valence-electron chi connectivity index (χ0n) is 15.4. The van der Waals surface area contributed by atoms with E-state index in [0.717, 1.165) is 11.8 Å². The van der Waals surface area contributed by atoms with Gasteiger partial charge in [-0.05, 0) is 37.3 Å². The van der Waals surface area contributed by atoms with Crippen LogP contribution < -0.4 is 5.32 Å². The molecule has 2 aromatic heterocycles. The number of rotatable bonds is 6. The molecule has 1 aromatic carbocycles. The van der Waals surface area contributed by atoms with Gasteiger partial charge in [0.1, 0.15) is 5.76 Å². The predicted octanol–water partition coefficient (Wildman–Crippen LogP) is 5.10. The first-order valence-corrected chi connectivity index (χ1v) is 8.88. The quantitative estimate of drug-likeness (QED) is 0.572. The van der Waals surface area contributed by atoms with Crippen LogP contribution in [0.4, 0.5) is 10.2 Å². The lowest BCUT2D eigenvalue weighted by Gasteiger charge is -2.10. The molecule has 2 heterocycles. The molecule has 0 aliphatic rings. The molecule has 0 spiro atoms. The molecule has 0 aliphatic heterocycles. The Hall–Kier alpha value is -3.58. The minimum absolute atomic E-state index is 0.136. The fourth-order valence-electron chi connectivity index (χ4n) is 2.54. The summed E-state index contributed by atoms with van der Waals surface area (Å²) in [5.74, 6) is -0.577. The standard InChI is InChI=1S/C21H16ClFN4O2/c1-3-19(29-4-2)13-5-6-16(22)15(9-13)18-11-26-20(12-25-18)27-21(28)14-7-8-24-10-17(14)23/h3-12H,2H2,1H3,(H,26,27,28)/b19-3-. The molecule has 1 N–H and O–H groups in total. The maximum atomic E-state index is 13.7. The average Bonchev–Trinajstić information content (AvgIpc) is 2.73. The van der Waals surface area contributed by atoms with Crippen LogP contribution in [0.15, 0.2) is 68.0 Å². The average molecular weight is 411 g/mol. The van der Waals surface area contributed by atoms with Gasteiger partial charge in [0.15, 0.2) is 11.6 Å². The number of nitrogens with one attached hydrogen (secondary N) is 1. The summed E-state index contributed by atoms with van der Waals surface area (Å²) >= 11 is 6.31. The molecule has 3 aromatic rings. The molecule has 1 amide bonds. The van der Waals surface area contributed by atoms with Gasteiger partial charge in [0, 0.05) is 17.3 Å². The van der Waals surface area contributed by atoms with Crippen molar-refractivity contribution >= 4 is 29.1 Å². The number of allylic oxidation sites excluding steroid dienone is 1. The number of ether oxygens (including phenoxy) is 1. The van der Waals surface area contributed by atoms with Crippen LogP contribution in [-0.4, -0.2) is 20.9 Å². The number of pyridine rings is 1. The molecule has 0 aliphatic carbocycles. The van der Waals surface area contributed by atoms with E-state index in [9.17, 15) is 9.18 Å². The Balaban J connectivity index is 1.84. The Morgan fingerprint density at radius 3 is 2.72 bits per heavy atom. The number of hydrogen-bond donors (Lipinski definition) is 1. The Bertz CT molecular complexity index is 1080. The van der Waals surface area contributed by atoms with Gasteiger partial charge in [0.05, 0.1) is 41.1 Å². The van der Waals surface area contributed by atoms with Crippen molar-refractivity contribution in [2.24, 2.45) is 0 Å². The van der Waals surface area contributed by atoms with E-state index < -0.39 is 11.7 Å². The first kappa shape index (κ1) is 20.2. The monoisotopic (exact) mass is 410 g/mol. The number of anilines is 1. The topological polar surface area (TPSA) is 77.0 Å². The molecule has 0 atom stereocenters. The fraction of sp³-hybridized carbons (Fsp3) is 0.0476. The highest BCUT2D eigenvalue weighted by molar-refractivity contribution is 6.33.